The normalized spacial score (nSPS) is 10.7. The first-order chi connectivity index (χ1) is 7.09. The monoisotopic (exact) mass is 242 g/mol. The van der Waals surface area contributed by atoms with E-state index in [2.05, 4.69) is 0 Å². The minimum atomic E-state index is 0.141. The van der Waals surface area contributed by atoms with Gasteiger partial charge in [-0.2, -0.15) is 0 Å². The van der Waals surface area contributed by atoms with Gasteiger partial charge in [0.05, 0.1) is 5.75 Å². The summed E-state index contributed by atoms with van der Waals surface area (Å²) in [7, 11) is 0. The molecule has 0 spiro atoms. The summed E-state index contributed by atoms with van der Waals surface area (Å²) in [5.41, 5.74) is 1.21. The number of hydrogen-bond acceptors (Lipinski definition) is 2. The number of thioether (sulfide) groups is 1. The zero-order chi connectivity index (χ0) is 11.3. The zero-order valence-corrected chi connectivity index (χ0v) is 10.6. The number of carbonyl (C=O) groups is 1. The summed E-state index contributed by atoms with van der Waals surface area (Å²) in [4.78, 5) is 11.3. The van der Waals surface area contributed by atoms with E-state index in [1.165, 1.54) is 5.56 Å². The third-order valence-electron chi connectivity index (χ3n) is 2.07. The molecule has 1 aromatic rings. The van der Waals surface area contributed by atoms with Crippen molar-refractivity contribution in [3.05, 3.63) is 34.9 Å². The van der Waals surface area contributed by atoms with Gasteiger partial charge in [0.25, 0.3) is 0 Å². The lowest BCUT2D eigenvalue weighted by Crippen LogP contribution is -2.09. The van der Waals surface area contributed by atoms with Crippen molar-refractivity contribution in [3.8, 4) is 0 Å². The molecular formula is C12H15ClOS. The largest absolute Gasteiger partial charge is 0.298 e. The summed E-state index contributed by atoms with van der Waals surface area (Å²) in [5.74, 6) is 1.92. The van der Waals surface area contributed by atoms with Crippen LogP contribution < -0.4 is 0 Å². The molecule has 0 aliphatic carbocycles. The number of halogens is 1. The molecule has 3 heteroatoms. The lowest BCUT2D eigenvalue weighted by Gasteiger charge is -2.04. The maximum absolute atomic E-state index is 11.3. The molecular weight excluding hydrogens is 228 g/mol. The minimum absolute atomic E-state index is 0.141. The Kier molecular flexibility index (Phi) is 5.20. The quantitative estimate of drug-likeness (QED) is 0.781. The molecule has 1 nitrogen and oxygen atoms in total. The molecule has 0 unspecified atom stereocenters. The highest BCUT2D eigenvalue weighted by molar-refractivity contribution is 7.99. The van der Waals surface area contributed by atoms with Crippen molar-refractivity contribution in [1.82, 2.24) is 0 Å². The third kappa shape index (κ3) is 4.72. The second-order valence-electron chi connectivity index (χ2n) is 3.74. The van der Waals surface area contributed by atoms with Crippen LogP contribution in [0, 0.1) is 5.92 Å². The molecule has 0 radical (unpaired) electrons. The van der Waals surface area contributed by atoms with Crippen LogP contribution >= 0.6 is 23.4 Å². The number of Topliss-reactive ketones (excluding diaryl/α,β-unsaturated/α-hetero) is 1. The number of carbonyl (C=O) groups excluding carboxylic acids is 1. The second-order valence-corrected chi connectivity index (χ2v) is 5.16. The predicted molar refractivity (Wildman–Crippen MR) is 67.5 cm³/mol. The minimum Gasteiger partial charge on any atom is -0.298 e. The van der Waals surface area contributed by atoms with Gasteiger partial charge in [-0.15, -0.1) is 11.8 Å². The molecule has 1 aromatic carbocycles. The van der Waals surface area contributed by atoms with Crippen LogP contribution in [0.4, 0.5) is 0 Å². The number of ketones is 1. The molecule has 0 aromatic heterocycles. The third-order valence-corrected chi connectivity index (χ3v) is 3.35. The Morgan fingerprint density at radius 3 is 2.47 bits per heavy atom. The molecule has 0 fully saturated rings. The van der Waals surface area contributed by atoms with Crippen molar-refractivity contribution in [1.29, 1.82) is 0 Å². The molecule has 0 saturated heterocycles. The van der Waals surface area contributed by atoms with Crippen LogP contribution in [0.3, 0.4) is 0 Å². The Bertz CT molecular complexity index is 319. The highest BCUT2D eigenvalue weighted by Gasteiger charge is 2.06. The van der Waals surface area contributed by atoms with Gasteiger partial charge in [0.2, 0.25) is 0 Å². The van der Waals surface area contributed by atoms with E-state index in [1.807, 2.05) is 38.1 Å². The highest BCUT2D eigenvalue weighted by atomic mass is 35.5. The maximum atomic E-state index is 11.3. The van der Waals surface area contributed by atoms with Crippen molar-refractivity contribution < 1.29 is 4.79 Å². The van der Waals surface area contributed by atoms with E-state index in [0.717, 1.165) is 10.8 Å². The van der Waals surface area contributed by atoms with Crippen LogP contribution in [0.15, 0.2) is 24.3 Å². The molecule has 0 aliphatic rings. The summed E-state index contributed by atoms with van der Waals surface area (Å²) in [5, 5.41) is 0.752. The fourth-order valence-electron chi connectivity index (χ4n) is 1.02. The van der Waals surface area contributed by atoms with E-state index in [4.69, 9.17) is 11.6 Å². The van der Waals surface area contributed by atoms with E-state index < -0.39 is 0 Å². The Morgan fingerprint density at radius 2 is 1.93 bits per heavy atom. The van der Waals surface area contributed by atoms with Gasteiger partial charge in [0, 0.05) is 16.7 Å². The van der Waals surface area contributed by atoms with Gasteiger partial charge in [0.15, 0.2) is 0 Å². The predicted octanol–water partition coefficient (Wildman–Crippen LogP) is 3.80. The standard InChI is InChI=1S/C12H15ClOS/c1-9(2)12(14)8-15-7-10-3-5-11(13)6-4-10/h3-6,9H,7-8H2,1-2H3. The van der Waals surface area contributed by atoms with Gasteiger partial charge in [-0.3, -0.25) is 4.79 Å². The van der Waals surface area contributed by atoms with Crippen LogP contribution in [-0.4, -0.2) is 11.5 Å². The first-order valence-electron chi connectivity index (χ1n) is 4.94. The molecule has 0 N–H and O–H groups in total. The van der Waals surface area contributed by atoms with Gasteiger partial charge in [-0.05, 0) is 17.7 Å². The first kappa shape index (κ1) is 12.6. The van der Waals surface area contributed by atoms with E-state index in [1.54, 1.807) is 11.8 Å². The molecule has 0 bridgehead atoms. The molecule has 1 rings (SSSR count). The molecule has 0 atom stereocenters. The smallest absolute Gasteiger partial charge is 0.145 e. The summed E-state index contributed by atoms with van der Waals surface area (Å²) in [6, 6.07) is 7.74. The summed E-state index contributed by atoms with van der Waals surface area (Å²) < 4.78 is 0. The van der Waals surface area contributed by atoms with Crippen LogP contribution in [0.2, 0.25) is 5.02 Å². The molecule has 0 amide bonds. The molecule has 0 heterocycles. The van der Waals surface area contributed by atoms with Gasteiger partial charge >= 0.3 is 0 Å². The topological polar surface area (TPSA) is 17.1 Å². The van der Waals surface area contributed by atoms with Crippen molar-refractivity contribution in [3.63, 3.8) is 0 Å². The Balaban J connectivity index is 2.32. The van der Waals surface area contributed by atoms with Crippen LogP contribution in [0.1, 0.15) is 19.4 Å². The maximum Gasteiger partial charge on any atom is 0.145 e. The zero-order valence-electron chi connectivity index (χ0n) is 9.00. The van der Waals surface area contributed by atoms with Crippen molar-refractivity contribution in [2.45, 2.75) is 19.6 Å². The number of hydrogen-bond donors (Lipinski definition) is 0. The van der Waals surface area contributed by atoms with E-state index in [9.17, 15) is 4.79 Å². The van der Waals surface area contributed by atoms with Gasteiger partial charge in [0.1, 0.15) is 5.78 Å². The molecule has 15 heavy (non-hydrogen) atoms. The van der Waals surface area contributed by atoms with Crippen LogP contribution in [0.5, 0.6) is 0 Å². The van der Waals surface area contributed by atoms with Crippen LogP contribution in [0.25, 0.3) is 0 Å². The van der Waals surface area contributed by atoms with Gasteiger partial charge < -0.3 is 0 Å². The number of benzene rings is 1. The number of rotatable bonds is 5. The van der Waals surface area contributed by atoms with Crippen LogP contribution in [-0.2, 0) is 10.5 Å². The fraction of sp³-hybridized carbons (Fsp3) is 0.417. The summed E-state index contributed by atoms with van der Waals surface area (Å²) in [6.07, 6.45) is 0. The Hall–Kier alpha value is -0.470. The molecule has 0 saturated carbocycles. The fourth-order valence-corrected chi connectivity index (χ4v) is 2.21. The highest BCUT2D eigenvalue weighted by Crippen LogP contribution is 2.16. The van der Waals surface area contributed by atoms with Crippen molar-refractivity contribution >= 4 is 29.1 Å². The van der Waals surface area contributed by atoms with E-state index in [0.29, 0.717) is 11.5 Å². The van der Waals surface area contributed by atoms with E-state index in [-0.39, 0.29) is 5.92 Å². The van der Waals surface area contributed by atoms with Crippen molar-refractivity contribution in [2.75, 3.05) is 5.75 Å². The van der Waals surface area contributed by atoms with Gasteiger partial charge in [-0.25, -0.2) is 0 Å². The molecule has 82 valence electrons. The van der Waals surface area contributed by atoms with Crippen molar-refractivity contribution in [2.24, 2.45) is 5.92 Å². The Morgan fingerprint density at radius 1 is 1.33 bits per heavy atom. The Labute approximate surface area is 100 Å². The SMILES string of the molecule is CC(C)C(=O)CSCc1ccc(Cl)cc1. The first-order valence-corrected chi connectivity index (χ1v) is 6.47. The van der Waals surface area contributed by atoms with Gasteiger partial charge in [-0.1, -0.05) is 37.6 Å². The second kappa shape index (κ2) is 6.19. The lowest BCUT2D eigenvalue weighted by molar-refractivity contribution is -0.119. The average Bonchev–Trinajstić information content (AvgIpc) is 2.20. The molecule has 0 aliphatic heterocycles. The van der Waals surface area contributed by atoms with E-state index >= 15 is 0 Å². The lowest BCUT2D eigenvalue weighted by atomic mass is 10.1. The summed E-state index contributed by atoms with van der Waals surface area (Å²) in [6.45, 7) is 3.87. The average molecular weight is 243 g/mol. The summed E-state index contributed by atoms with van der Waals surface area (Å²) >= 11 is 7.43.